The summed E-state index contributed by atoms with van der Waals surface area (Å²) in [6, 6.07) is -1.34. The molecule has 0 aromatic rings. The fraction of sp³-hybridized carbons (Fsp3) is 0.667. The monoisotopic (exact) mass is 481 g/mol. The van der Waals surface area contributed by atoms with Gasteiger partial charge >= 0.3 is 5.97 Å². The van der Waals surface area contributed by atoms with Crippen LogP contribution < -0.4 is 0 Å². The van der Waals surface area contributed by atoms with Crippen LogP contribution in [0.3, 0.4) is 0 Å². The van der Waals surface area contributed by atoms with E-state index < -0.39 is 49.7 Å². The molecule has 26 heavy (non-hydrogen) atoms. The van der Waals surface area contributed by atoms with Crippen molar-refractivity contribution >= 4 is 87.4 Å². The smallest absolute Gasteiger partial charge is 0.326 e. The molecule has 1 saturated carbocycles. The molecule has 0 aromatic carbocycles. The van der Waals surface area contributed by atoms with Gasteiger partial charge in [0.15, 0.2) is 4.33 Å². The van der Waals surface area contributed by atoms with Gasteiger partial charge in [0.1, 0.15) is 15.8 Å². The van der Waals surface area contributed by atoms with Crippen LogP contribution in [0.4, 0.5) is 0 Å². The molecular weight excluding hydrogens is 471 g/mol. The third-order valence-electron chi connectivity index (χ3n) is 5.37. The summed E-state index contributed by atoms with van der Waals surface area (Å²) in [5.41, 5.74) is 0. The normalized spacial score (nSPS) is 39.0. The summed E-state index contributed by atoms with van der Waals surface area (Å²) in [5.74, 6) is -5.53. The van der Waals surface area contributed by atoms with Crippen molar-refractivity contribution in [3.8, 4) is 0 Å². The third kappa shape index (κ3) is 2.11. The van der Waals surface area contributed by atoms with Crippen molar-refractivity contribution < 1.29 is 19.5 Å². The molecule has 2 bridgehead atoms. The van der Waals surface area contributed by atoms with Crippen molar-refractivity contribution in [2.24, 2.45) is 11.8 Å². The number of amides is 2. The van der Waals surface area contributed by atoms with Gasteiger partial charge < -0.3 is 5.11 Å². The zero-order valence-electron chi connectivity index (χ0n) is 13.2. The topological polar surface area (TPSA) is 74.7 Å². The predicted molar refractivity (Wildman–Crippen MR) is 100 cm³/mol. The van der Waals surface area contributed by atoms with Gasteiger partial charge in [0, 0.05) is 0 Å². The van der Waals surface area contributed by atoms with Gasteiger partial charge in [-0.2, -0.15) is 0 Å². The van der Waals surface area contributed by atoms with E-state index in [4.69, 9.17) is 69.6 Å². The number of unbranched alkanes of at least 4 members (excludes halogenated alkanes) is 1. The molecule has 1 N–H and O–H groups in total. The second-order valence-electron chi connectivity index (χ2n) is 6.62. The Labute approximate surface area is 179 Å². The quantitative estimate of drug-likeness (QED) is 0.472. The van der Waals surface area contributed by atoms with Crippen molar-refractivity contribution in [3.63, 3.8) is 0 Å². The Morgan fingerprint density at radius 2 is 1.50 bits per heavy atom. The average Bonchev–Trinajstić information content (AvgIpc) is 2.94. The molecule has 1 heterocycles. The molecule has 0 unspecified atom stereocenters. The van der Waals surface area contributed by atoms with Gasteiger partial charge in [-0.25, -0.2) is 4.79 Å². The minimum atomic E-state index is -2.02. The van der Waals surface area contributed by atoms with Crippen LogP contribution in [0, 0.1) is 11.8 Å². The highest BCUT2D eigenvalue weighted by atomic mass is 35.5. The highest BCUT2D eigenvalue weighted by Crippen LogP contribution is 2.77. The molecule has 144 valence electrons. The third-order valence-corrected chi connectivity index (χ3v) is 9.63. The van der Waals surface area contributed by atoms with E-state index >= 15 is 0 Å². The Morgan fingerprint density at radius 3 is 1.85 bits per heavy atom. The molecule has 3 rings (SSSR count). The maximum atomic E-state index is 13.0. The van der Waals surface area contributed by atoms with E-state index in [1.54, 1.807) is 0 Å². The highest BCUT2D eigenvalue weighted by Gasteiger charge is 2.87. The van der Waals surface area contributed by atoms with Crippen LogP contribution in [0.25, 0.3) is 0 Å². The van der Waals surface area contributed by atoms with Crippen molar-refractivity contribution in [2.45, 2.75) is 46.3 Å². The second kappa shape index (κ2) is 6.30. The Kier molecular flexibility index (Phi) is 5.04. The van der Waals surface area contributed by atoms with Gasteiger partial charge in [-0.1, -0.05) is 66.2 Å². The molecule has 5 atom stereocenters. The van der Waals surface area contributed by atoms with Crippen molar-refractivity contribution in [3.05, 3.63) is 10.1 Å². The fourth-order valence-electron chi connectivity index (χ4n) is 4.08. The molecule has 1 saturated heterocycles. The number of halogens is 6. The number of likely N-dealkylation sites (tertiary alicyclic amines) is 1. The number of aliphatic carboxylic acids is 1. The van der Waals surface area contributed by atoms with Crippen LogP contribution in [0.15, 0.2) is 10.1 Å². The molecule has 2 amide bonds. The lowest BCUT2D eigenvalue weighted by Gasteiger charge is -2.35. The molecule has 0 radical (unpaired) electrons. The van der Waals surface area contributed by atoms with Gasteiger partial charge in [-0.15, -0.1) is 23.2 Å². The number of hydrogen-bond acceptors (Lipinski definition) is 3. The van der Waals surface area contributed by atoms with Crippen molar-refractivity contribution in [2.75, 3.05) is 0 Å². The molecule has 2 aliphatic carbocycles. The van der Waals surface area contributed by atoms with Gasteiger partial charge in [-0.05, 0) is 6.42 Å². The van der Waals surface area contributed by atoms with E-state index in [0.29, 0.717) is 17.7 Å². The molecule has 0 aromatic heterocycles. The Morgan fingerprint density at radius 1 is 1.08 bits per heavy atom. The first-order valence-corrected chi connectivity index (χ1v) is 10.1. The van der Waals surface area contributed by atoms with E-state index in [-0.39, 0.29) is 16.5 Å². The summed E-state index contributed by atoms with van der Waals surface area (Å²) >= 11 is 38.2. The number of nitrogens with zero attached hydrogens (tertiary/aromatic N) is 1. The molecule has 11 heteroatoms. The summed E-state index contributed by atoms with van der Waals surface area (Å²) < 4.78 is -2.02. The lowest BCUT2D eigenvalue weighted by atomic mass is 9.84. The van der Waals surface area contributed by atoms with Crippen LogP contribution in [-0.2, 0) is 14.4 Å². The van der Waals surface area contributed by atoms with Gasteiger partial charge in [0.05, 0.1) is 21.9 Å². The first-order valence-electron chi connectivity index (χ1n) is 7.82. The summed E-state index contributed by atoms with van der Waals surface area (Å²) in [4.78, 5) is 34.6. The average molecular weight is 484 g/mol. The van der Waals surface area contributed by atoms with Gasteiger partial charge in [0.2, 0.25) is 11.8 Å². The zero-order valence-corrected chi connectivity index (χ0v) is 17.8. The lowest BCUT2D eigenvalue weighted by Crippen LogP contribution is -2.53. The SMILES string of the molecule is CCCC[C@H](C(=O)O)N1C(=O)[C@H]2[C@H](C1=O)[C@@]1(Cl)C(Cl)=C(Cl)[C@@]2(Cl)C1(Cl)Cl. The molecular formula is C15H13Cl6NO4. The molecule has 2 fully saturated rings. The van der Waals surface area contributed by atoms with Crippen LogP contribution in [0.5, 0.6) is 0 Å². The van der Waals surface area contributed by atoms with Gasteiger partial charge in [0.25, 0.3) is 0 Å². The van der Waals surface area contributed by atoms with E-state index in [1.165, 1.54) is 0 Å². The highest BCUT2D eigenvalue weighted by molar-refractivity contribution is 6.66. The Hall–Kier alpha value is 0.0900. The molecule has 3 aliphatic rings. The van der Waals surface area contributed by atoms with Crippen LogP contribution in [0.1, 0.15) is 26.2 Å². The predicted octanol–water partition coefficient (Wildman–Crippen LogP) is 4.08. The number of carboxylic acid groups (broad SMARTS) is 1. The molecule has 0 spiro atoms. The number of hydrogen-bond donors (Lipinski definition) is 1. The first-order chi connectivity index (χ1) is 11.9. The standard InChI is InChI=1S/C15H13Cl6NO4/c1-2-3-4-5(12(25)26)22-10(23)6-7(11(22)24)14(19)9(17)8(16)13(6,18)15(14,20)21/h5-7H,2-4H2,1H3,(H,25,26)/t5-,6-,7-,13-,14-/m1/s1. The minimum absolute atomic E-state index is 0.106. The minimum Gasteiger partial charge on any atom is -0.480 e. The van der Waals surface area contributed by atoms with E-state index in [2.05, 4.69) is 0 Å². The maximum Gasteiger partial charge on any atom is 0.326 e. The van der Waals surface area contributed by atoms with Crippen LogP contribution >= 0.6 is 69.6 Å². The Bertz CT molecular complexity index is 708. The number of rotatable bonds is 5. The van der Waals surface area contributed by atoms with E-state index in [0.717, 1.165) is 0 Å². The fourth-order valence-corrected chi connectivity index (χ4v) is 7.01. The summed E-state index contributed by atoms with van der Waals surface area (Å²) in [5, 5.41) is 9.11. The maximum absolute atomic E-state index is 13.0. The number of allylic oxidation sites excluding steroid dienone is 2. The number of carbonyl (C=O) groups is 3. The number of carbonyl (C=O) groups excluding carboxylic acids is 2. The van der Waals surface area contributed by atoms with Crippen molar-refractivity contribution in [1.82, 2.24) is 4.90 Å². The summed E-state index contributed by atoms with van der Waals surface area (Å²) in [6.45, 7) is 1.86. The Balaban J connectivity index is 2.12. The van der Waals surface area contributed by atoms with E-state index in [1.807, 2.05) is 6.92 Å². The van der Waals surface area contributed by atoms with Crippen molar-refractivity contribution in [1.29, 1.82) is 0 Å². The molecule has 5 nitrogen and oxygen atoms in total. The lowest BCUT2D eigenvalue weighted by molar-refractivity contribution is -0.155. The number of fused-ring (bicyclic) bond motifs is 5. The number of carboxylic acids is 1. The van der Waals surface area contributed by atoms with Crippen LogP contribution in [-0.4, -0.2) is 47.9 Å². The van der Waals surface area contributed by atoms with Crippen LogP contribution in [0.2, 0.25) is 0 Å². The number of alkyl halides is 4. The number of imide groups is 1. The summed E-state index contributed by atoms with van der Waals surface area (Å²) in [6.07, 6.45) is 1.31. The largest absolute Gasteiger partial charge is 0.480 e. The zero-order chi connectivity index (χ0) is 19.8. The second-order valence-corrected chi connectivity index (χ2v) is 9.90. The van der Waals surface area contributed by atoms with Gasteiger partial charge in [-0.3, -0.25) is 14.5 Å². The van der Waals surface area contributed by atoms with E-state index in [9.17, 15) is 19.5 Å². The molecule has 1 aliphatic heterocycles. The first kappa shape index (κ1) is 20.8. The summed E-state index contributed by atoms with van der Waals surface area (Å²) in [7, 11) is 0.